The Morgan fingerprint density at radius 3 is 2.31 bits per heavy atom. The van der Waals surface area contributed by atoms with Gasteiger partial charge in [0.2, 0.25) is 0 Å². The molecule has 0 radical (unpaired) electrons. The van der Waals surface area contributed by atoms with Crippen LogP contribution >= 0.6 is 0 Å². The maximum atomic E-state index is 2.56. The number of fused-ring (bicyclic) bond motifs is 1. The van der Waals surface area contributed by atoms with Crippen molar-refractivity contribution in [2.24, 2.45) is 5.41 Å². The number of nitrogens with zero attached hydrogens (tertiary/aromatic N) is 2. The molecule has 0 aliphatic carbocycles. The quantitative estimate of drug-likeness (QED) is 0.559. The van der Waals surface area contributed by atoms with Crippen molar-refractivity contribution in [3.05, 3.63) is 0 Å². The van der Waals surface area contributed by atoms with E-state index in [0.717, 1.165) is 0 Å². The largest absolute Gasteiger partial charge is 0.304 e. The van der Waals surface area contributed by atoms with Crippen LogP contribution in [0.5, 0.6) is 0 Å². The zero-order valence-corrected chi connectivity index (χ0v) is 9.43. The van der Waals surface area contributed by atoms with Gasteiger partial charge in [-0.2, -0.15) is 0 Å². The van der Waals surface area contributed by atoms with Crippen molar-refractivity contribution in [1.82, 2.24) is 9.80 Å². The molecule has 2 atom stereocenters. The fourth-order valence-electron chi connectivity index (χ4n) is 3.14. The van der Waals surface area contributed by atoms with Gasteiger partial charge in [0.1, 0.15) is 0 Å². The first-order chi connectivity index (χ1) is 5.98. The van der Waals surface area contributed by atoms with Gasteiger partial charge in [-0.05, 0) is 52.4 Å². The van der Waals surface area contributed by atoms with E-state index in [-0.39, 0.29) is 0 Å². The fourth-order valence-corrected chi connectivity index (χ4v) is 3.14. The molecular formula is C11H22N2. The molecule has 0 amide bonds. The summed E-state index contributed by atoms with van der Waals surface area (Å²) in [6.07, 6.45) is 2.75. The van der Waals surface area contributed by atoms with Crippen LogP contribution in [0.25, 0.3) is 0 Å². The molecule has 2 aliphatic heterocycles. The summed E-state index contributed by atoms with van der Waals surface area (Å²) in [7, 11) is 4.53. The van der Waals surface area contributed by atoms with Crippen LogP contribution in [0, 0.1) is 5.41 Å². The smallest absolute Gasteiger partial charge is 0.0359 e. The van der Waals surface area contributed by atoms with E-state index in [2.05, 4.69) is 37.7 Å². The molecule has 2 nitrogen and oxygen atoms in total. The molecule has 2 rings (SSSR count). The SMILES string of the molecule is CN1CC[C@]2(C)CCN(C)[C@]2(C)C1. The van der Waals surface area contributed by atoms with Gasteiger partial charge in [-0.25, -0.2) is 0 Å². The minimum Gasteiger partial charge on any atom is -0.304 e. The third kappa shape index (κ3) is 1.15. The molecule has 0 unspecified atom stereocenters. The first-order valence-electron chi connectivity index (χ1n) is 5.38. The summed E-state index contributed by atoms with van der Waals surface area (Å²) in [5.74, 6) is 0. The molecule has 2 saturated heterocycles. The second kappa shape index (κ2) is 2.71. The van der Waals surface area contributed by atoms with E-state index in [4.69, 9.17) is 0 Å². The van der Waals surface area contributed by atoms with Gasteiger partial charge in [-0.1, -0.05) is 6.92 Å². The highest BCUT2D eigenvalue weighted by Gasteiger charge is 2.53. The monoisotopic (exact) mass is 182 g/mol. The van der Waals surface area contributed by atoms with E-state index < -0.39 is 0 Å². The van der Waals surface area contributed by atoms with Gasteiger partial charge in [0, 0.05) is 12.1 Å². The second-order valence-corrected chi connectivity index (χ2v) is 5.49. The fraction of sp³-hybridized carbons (Fsp3) is 1.00. The van der Waals surface area contributed by atoms with Crippen LogP contribution in [0.2, 0.25) is 0 Å². The third-order valence-electron chi connectivity index (χ3n) is 4.76. The van der Waals surface area contributed by atoms with Gasteiger partial charge in [0.05, 0.1) is 0 Å². The molecule has 13 heavy (non-hydrogen) atoms. The van der Waals surface area contributed by atoms with Crippen LogP contribution in [0.1, 0.15) is 26.7 Å². The molecule has 0 aromatic rings. The van der Waals surface area contributed by atoms with E-state index in [9.17, 15) is 0 Å². The summed E-state index contributed by atoms with van der Waals surface area (Å²) in [6, 6.07) is 0. The lowest BCUT2D eigenvalue weighted by atomic mass is 9.67. The third-order valence-corrected chi connectivity index (χ3v) is 4.76. The molecule has 0 N–H and O–H groups in total. The van der Waals surface area contributed by atoms with E-state index in [1.165, 1.54) is 32.5 Å². The van der Waals surface area contributed by atoms with Crippen molar-refractivity contribution in [1.29, 1.82) is 0 Å². The highest BCUT2D eigenvalue weighted by molar-refractivity contribution is 5.09. The van der Waals surface area contributed by atoms with Gasteiger partial charge in [-0.3, -0.25) is 4.90 Å². The van der Waals surface area contributed by atoms with E-state index in [1.54, 1.807) is 0 Å². The van der Waals surface area contributed by atoms with Crippen molar-refractivity contribution in [2.45, 2.75) is 32.2 Å². The first-order valence-corrected chi connectivity index (χ1v) is 5.38. The van der Waals surface area contributed by atoms with Crippen LogP contribution in [-0.2, 0) is 0 Å². The highest BCUT2D eigenvalue weighted by Crippen LogP contribution is 2.49. The van der Waals surface area contributed by atoms with E-state index in [0.29, 0.717) is 11.0 Å². The lowest BCUT2D eigenvalue weighted by Crippen LogP contribution is -2.59. The summed E-state index contributed by atoms with van der Waals surface area (Å²) < 4.78 is 0. The summed E-state index contributed by atoms with van der Waals surface area (Å²) in [5, 5.41) is 0. The molecule has 0 aromatic heterocycles. The van der Waals surface area contributed by atoms with Crippen molar-refractivity contribution >= 4 is 0 Å². The van der Waals surface area contributed by atoms with Gasteiger partial charge in [0.25, 0.3) is 0 Å². The number of likely N-dealkylation sites (N-methyl/N-ethyl adjacent to an activating group) is 2. The Labute approximate surface area is 81.9 Å². The van der Waals surface area contributed by atoms with Crippen LogP contribution in [-0.4, -0.2) is 49.1 Å². The van der Waals surface area contributed by atoms with Crippen molar-refractivity contribution < 1.29 is 0 Å². The lowest BCUT2D eigenvalue weighted by molar-refractivity contribution is -0.00126. The Morgan fingerprint density at radius 1 is 1.00 bits per heavy atom. The zero-order chi connectivity index (χ0) is 9.69. The lowest BCUT2D eigenvalue weighted by Gasteiger charge is -2.51. The Bertz CT molecular complexity index is 216. The number of rotatable bonds is 0. The minimum atomic E-state index is 0.417. The molecule has 0 aromatic carbocycles. The standard InChI is InChI=1S/C11H22N2/c1-10-5-7-12(3)9-11(10,2)13(4)8-6-10/h5-9H2,1-4H3/t10-,11-/m1/s1. The first kappa shape index (κ1) is 9.47. The predicted molar refractivity (Wildman–Crippen MR) is 55.9 cm³/mol. The molecule has 2 aliphatic rings. The maximum Gasteiger partial charge on any atom is 0.0359 e. The average Bonchev–Trinajstić information content (AvgIpc) is 2.28. The average molecular weight is 182 g/mol. The van der Waals surface area contributed by atoms with Crippen LogP contribution in [0.4, 0.5) is 0 Å². The van der Waals surface area contributed by atoms with Crippen molar-refractivity contribution in [3.8, 4) is 0 Å². The predicted octanol–water partition coefficient (Wildman–Crippen LogP) is 1.42. The Hall–Kier alpha value is -0.0800. The molecule has 0 saturated carbocycles. The Morgan fingerprint density at radius 2 is 1.62 bits per heavy atom. The summed E-state index contributed by atoms with van der Waals surface area (Å²) >= 11 is 0. The van der Waals surface area contributed by atoms with E-state index in [1.807, 2.05) is 0 Å². The molecule has 0 spiro atoms. The minimum absolute atomic E-state index is 0.417. The van der Waals surface area contributed by atoms with Crippen LogP contribution < -0.4 is 0 Å². The normalized spacial score (nSPS) is 48.0. The second-order valence-electron chi connectivity index (χ2n) is 5.49. The number of hydrogen-bond donors (Lipinski definition) is 0. The summed E-state index contributed by atoms with van der Waals surface area (Å²) in [4.78, 5) is 5.03. The summed E-state index contributed by atoms with van der Waals surface area (Å²) in [5.41, 5.74) is 0.980. The Balaban J connectivity index is 2.28. The zero-order valence-electron chi connectivity index (χ0n) is 9.43. The molecule has 76 valence electrons. The number of hydrogen-bond acceptors (Lipinski definition) is 2. The van der Waals surface area contributed by atoms with Gasteiger partial charge >= 0.3 is 0 Å². The summed E-state index contributed by atoms with van der Waals surface area (Å²) in [6.45, 7) is 8.71. The van der Waals surface area contributed by atoms with E-state index >= 15 is 0 Å². The van der Waals surface area contributed by atoms with Crippen LogP contribution in [0.3, 0.4) is 0 Å². The maximum absolute atomic E-state index is 2.56. The van der Waals surface area contributed by atoms with Gasteiger partial charge in [0.15, 0.2) is 0 Å². The Kier molecular flexibility index (Phi) is 1.97. The van der Waals surface area contributed by atoms with Crippen LogP contribution in [0.15, 0.2) is 0 Å². The highest BCUT2D eigenvalue weighted by atomic mass is 15.3. The number of piperidine rings is 1. The van der Waals surface area contributed by atoms with Crippen molar-refractivity contribution in [3.63, 3.8) is 0 Å². The molecule has 0 bridgehead atoms. The number of likely N-dealkylation sites (tertiary alicyclic amines) is 2. The molecule has 2 heteroatoms. The van der Waals surface area contributed by atoms with Gasteiger partial charge in [-0.15, -0.1) is 0 Å². The topological polar surface area (TPSA) is 6.48 Å². The molecular weight excluding hydrogens is 160 g/mol. The van der Waals surface area contributed by atoms with Crippen molar-refractivity contribution in [2.75, 3.05) is 33.7 Å². The van der Waals surface area contributed by atoms with Gasteiger partial charge < -0.3 is 4.90 Å². The molecule has 2 fully saturated rings. The molecule has 2 heterocycles.